The van der Waals surface area contributed by atoms with Crippen LogP contribution in [0.1, 0.15) is 39.5 Å². The Morgan fingerprint density at radius 1 is 1.32 bits per heavy atom. The van der Waals surface area contributed by atoms with Gasteiger partial charge < -0.3 is 10.2 Å². The van der Waals surface area contributed by atoms with E-state index >= 15 is 0 Å². The van der Waals surface area contributed by atoms with Crippen LogP contribution in [0.4, 0.5) is 0 Å². The molecule has 0 aromatic rings. The van der Waals surface area contributed by atoms with Crippen molar-refractivity contribution in [1.29, 1.82) is 0 Å². The van der Waals surface area contributed by atoms with Crippen molar-refractivity contribution in [3.8, 4) is 0 Å². The summed E-state index contributed by atoms with van der Waals surface area (Å²) in [6.07, 6.45) is 4.76. The first-order valence-electron chi connectivity index (χ1n) is 7.87. The Bertz CT molecular complexity index is 304. The second kappa shape index (κ2) is 6.71. The van der Waals surface area contributed by atoms with Gasteiger partial charge in [0.25, 0.3) is 0 Å². The number of carbonyl (C=O) groups is 1. The van der Waals surface area contributed by atoms with Crippen LogP contribution in [0, 0.1) is 5.92 Å². The van der Waals surface area contributed by atoms with Gasteiger partial charge in [0.2, 0.25) is 5.91 Å². The molecule has 2 atom stereocenters. The van der Waals surface area contributed by atoms with Gasteiger partial charge in [0.05, 0.1) is 6.54 Å². The van der Waals surface area contributed by atoms with E-state index in [0.29, 0.717) is 30.5 Å². The molecule has 1 saturated heterocycles. The summed E-state index contributed by atoms with van der Waals surface area (Å²) in [4.78, 5) is 16.5. The minimum Gasteiger partial charge on any atom is -0.342 e. The van der Waals surface area contributed by atoms with E-state index in [0.717, 1.165) is 19.6 Å². The number of hydrogen-bond donors (Lipinski definition) is 1. The number of piperidine rings is 1. The smallest absolute Gasteiger partial charge is 0.236 e. The van der Waals surface area contributed by atoms with Crippen molar-refractivity contribution in [2.75, 3.05) is 33.2 Å². The van der Waals surface area contributed by atoms with E-state index in [9.17, 15) is 4.79 Å². The fourth-order valence-corrected chi connectivity index (χ4v) is 3.16. The number of carbonyl (C=O) groups excluding carboxylic acids is 1. The molecule has 1 aliphatic carbocycles. The quantitative estimate of drug-likeness (QED) is 0.788. The molecule has 0 aromatic carbocycles. The molecular weight excluding hydrogens is 238 g/mol. The highest BCUT2D eigenvalue weighted by Crippen LogP contribution is 2.26. The summed E-state index contributed by atoms with van der Waals surface area (Å²) >= 11 is 0. The van der Waals surface area contributed by atoms with Gasteiger partial charge in [0.1, 0.15) is 0 Å². The van der Waals surface area contributed by atoms with Gasteiger partial charge in [-0.25, -0.2) is 0 Å². The highest BCUT2D eigenvalue weighted by atomic mass is 16.2. The van der Waals surface area contributed by atoms with Crippen LogP contribution in [0.25, 0.3) is 0 Å². The van der Waals surface area contributed by atoms with Crippen LogP contribution < -0.4 is 5.32 Å². The third-order valence-electron chi connectivity index (χ3n) is 4.66. The van der Waals surface area contributed by atoms with Gasteiger partial charge in [0.15, 0.2) is 0 Å². The average molecular weight is 267 g/mol. The number of rotatable bonds is 6. The van der Waals surface area contributed by atoms with Gasteiger partial charge in [-0.2, -0.15) is 0 Å². The normalized spacial score (nSPS) is 28.4. The number of likely N-dealkylation sites (tertiary alicyclic amines) is 1. The third kappa shape index (κ3) is 3.93. The van der Waals surface area contributed by atoms with Gasteiger partial charge in [0, 0.05) is 32.2 Å². The molecule has 2 rings (SSSR count). The number of nitrogens with zero attached hydrogens (tertiary/aromatic N) is 2. The maximum atomic E-state index is 12.2. The first-order chi connectivity index (χ1) is 9.15. The topological polar surface area (TPSA) is 35.6 Å². The van der Waals surface area contributed by atoms with Gasteiger partial charge >= 0.3 is 0 Å². The highest BCUT2D eigenvalue weighted by molar-refractivity contribution is 5.78. The van der Waals surface area contributed by atoms with E-state index < -0.39 is 0 Å². The number of hydrogen-bond acceptors (Lipinski definition) is 3. The molecule has 110 valence electrons. The highest BCUT2D eigenvalue weighted by Gasteiger charge is 2.32. The van der Waals surface area contributed by atoms with E-state index in [1.54, 1.807) is 0 Å². The second-order valence-corrected chi connectivity index (χ2v) is 6.09. The van der Waals surface area contributed by atoms with Crippen LogP contribution in [0.15, 0.2) is 0 Å². The summed E-state index contributed by atoms with van der Waals surface area (Å²) in [5.41, 5.74) is 0. The lowest BCUT2D eigenvalue weighted by molar-refractivity contribution is -0.132. The summed E-state index contributed by atoms with van der Waals surface area (Å²) in [6, 6.07) is 1.18. The summed E-state index contributed by atoms with van der Waals surface area (Å²) in [5, 5.41) is 3.59. The number of nitrogens with one attached hydrogen (secondary N) is 1. The molecule has 19 heavy (non-hydrogen) atoms. The summed E-state index contributed by atoms with van der Waals surface area (Å²) < 4.78 is 0. The molecule has 1 amide bonds. The van der Waals surface area contributed by atoms with Crippen molar-refractivity contribution in [3.05, 3.63) is 0 Å². The van der Waals surface area contributed by atoms with Crippen molar-refractivity contribution in [2.45, 2.75) is 51.6 Å². The number of amides is 1. The molecule has 1 heterocycles. The molecule has 1 N–H and O–H groups in total. The third-order valence-corrected chi connectivity index (χ3v) is 4.66. The Kier molecular flexibility index (Phi) is 5.22. The Labute approximate surface area is 117 Å². The molecule has 0 bridgehead atoms. The van der Waals surface area contributed by atoms with Crippen molar-refractivity contribution in [3.63, 3.8) is 0 Å². The second-order valence-electron chi connectivity index (χ2n) is 6.09. The Hall–Kier alpha value is -0.610. The molecule has 0 spiro atoms. The van der Waals surface area contributed by atoms with Crippen molar-refractivity contribution >= 4 is 5.91 Å². The first-order valence-corrected chi connectivity index (χ1v) is 7.87. The van der Waals surface area contributed by atoms with Crippen LogP contribution >= 0.6 is 0 Å². The van der Waals surface area contributed by atoms with E-state index in [1.165, 1.54) is 25.7 Å². The van der Waals surface area contributed by atoms with Gasteiger partial charge in [-0.3, -0.25) is 9.69 Å². The zero-order chi connectivity index (χ0) is 13.8. The average Bonchev–Trinajstić information content (AvgIpc) is 3.24. The van der Waals surface area contributed by atoms with Crippen LogP contribution in [-0.4, -0.2) is 61.0 Å². The minimum absolute atomic E-state index is 0.305. The van der Waals surface area contributed by atoms with Crippen LogP contribution in [0.5, 0.6) is 0 Å². The van der Waals surface area contributed by atoms with E-state index in [2.05, 4.69) is 24.1 Å². The lowest BCUT2D eigenvalue weighted by atomic mass is 9.90. The molecule has 2 aliphatic rings. The zero-order valence-electron chi connectivity index (χ0n) is 12.7. The largest absolute Gasteiger partial charge is 0.342 e. The summed E-state index contributed by atoms with van der Waals surface area (Å²) in [7, 11) is 1.96. The SMILES string of the molecule is CCNC1CCN(CC(=O)N(C)C2CC2)CC1CC. The van der Waals surface area contributed by atoms with Crippen molar-refractivity contribution < 1.29 is 4.79 Å². The van der Waals surface area contributed by atoms with Gasteiger partial charge in [-0.1, -0.05) is 20.3 Å². The van der Waals surface area contributed by atoms with Gasteiger partial charge in [-0.05, 0) is 31.7 Å². The van der Waals surface area contributed by atoms with Crippen LogP contribution in [0.3, 0.4) is 0 Å². The van der Waals surface area contributed by atoms with Crippen LogP contribution in [-0.2, 0) is 4.79 Å². The van der Waals surface area contributed by atoms with Gasteiger partial charge in [-0.15, -0.1) is 0 Å². The maximum Gasteiger partial charge on any atom is 0.236 e. The lowest BCUT2D eigenvalue weighted by Gasteiger charge is -2.38. The minimum atomic E-state index is 0.305. The fourth-order valence-electron chi connectivity index (χ4n) is 3.16. The molecular formula is C15H29N3O. The molecule has 2 unspecified atom stereocenters. The molecule has 1 aliphatic heterocycles. The lowest BCUT2D eigenvalue weighted by Crippen LogP contribution is -2.51. The van der Waals surface area contributed by atoms with Crippen molar-refractivity contribution in [1.82, 2.24) is 15.1 Å². The Morgan fingerprint density at radius 2 is 2.05 bits per heavy atom. The van der Waals surface area contributed by atoms with Crippen LogP contribution in [0.2, 0.25) is 0 Å². The van der Waals surface area contributed by atoms with E-state index in [4.69, 9.17) is 0 Å². The van der Waals surface area contributed by atoms with E-state index in [-0.39, 0.29) is 0 Å². The number of likely N-dealkylation sites (N-methyl/N-ethyl adjacent to an activating group) is 1. The summed E-state index contributed by atoms with van der Waals surface area (Å²) in [6.45, 7) is 8.22. The Morgan fingerprint density at radius 3 is 2.63 bits per heavy atom. The molecule has 0 radical (unpaired) electrons. The molecule has 0 aromatic heterocycles. The standard InChI is InChI=1S/C15H29N3O/c1-4-12-10-18(9-8-14(12)16-5-2)11-15(19)17(3)13-6-7-13/h12-14,16H,4-11H2,1-3H3. The molecule has 4 heteroatoms. The first kappa shape index (κ1) is 14.8. The Balaban J connectivity index is 1.80. The zero-order valence-corrected chi connectivity index (χ0v) is 12.7. The molecule has 2 fully saturated rings. The monoisotopic (exact) mass is 267 g/mol. The molecule has 1 saturated carbocycles. The summed E-state index contributed by atoms with van der Waals surface area (Å²) in [5.74, 6) is 0.993. The predicted octanol–water partition coefficient (Wildman–Crippen LogP) is 1.32. The fraction of sp³-hybridized carbons (Fsp3) is 0.933. The predicted molar refractivity (Wildman–Crippen MR) is 78.1 cm³/mol. The van der Waals surface area contributed by atoms with E-state index in [1.807, 2.05) is 11.9 Å². The molecule has 4 nitrogen and oxygen atoms in total. The maximum absolute atomic E-state index is 12.2. The van der Waals surface area contributed by atoms with Crippen molar-refractivity contribution in [2.24, 2.45) is 5.92 Å².